The van der Waals surface area contributed by atoms with E-state index < -0.39 is 18.6 Å². The predicted octanol–water partition coefficient (Wildman–Crippen LogP) is 5.28. The fourth-order valence-electron chi connectivity index (χ4n) is 4.72. The number of aromatic nitrogens is 1. The molecule has 0 saturated carbocycles. The number of ether oxygens (including phenoxy) is 2. The number of pyridine rings is 1. The van der Waals surface area contributed by atoms with Crippen molar-refractivity contribution in [1.82, 2.24) is 4.98 Å². The summed E-state index contributed by atoms with van der Waals surface area (Å²) in [5.41, 5.74) is 3.59. The molecule has 1 fully saturated rings. The Morgan fingerprint density at radius 3 is 2.58 bits per heavy atom. The van der Waals surface area contributed by atoms with Gasteiger partial charge in [-0.05, 0) is 56.2 Å². The number of halogens is 2. The van der Waals surface area contributed by atoms with E-state index >= 15 is 0 Å². The topological polar surface area (TPSA) is 71.9 Å². The third-order valence-electron chi connectivity index (χ3n) is 6.68. The van der Waals surface area contributed by atoms with E-state index in [0.717, 1.165) is 23.2 Å². The van der Waals surface area contributed by atoms with Gasteiger partial charge in [-0.2, -0.15) is 0 Å². The minimum Gasteiger partial charge on any atom is -0.487 e. The molecular weight excluding hydrogens is 466 g/mol. The van der Waals surface area contributed by atoms with Gasteiger partial charge in [0.15, 0.2) is 0 Å². The van der Waals surface area contributed by atoms with Crippen LogP contribution in [0.1, 0.15) is 53.4 Å². The van der Waals surface area contributed by atoms with Crippen LogP contribution in [0.4, 0.5) is 14.5 Å². The first-order chi connectivity index (χ1) is 17.2. The van der Waals surface area contributed by atoms with Crippen molar-refractivity contribution in [2.24, 2.45) is 0 Å². The summed E-state index contributed by atoms with van der Waals surface area (Å²) >= 11 is 0. The third kappa shape index (κ3) is 4.70. The number of aliphatic hydroxyl groups is 1. The van der Waals surface area contributed by atoms with E-state index in [1.807, 2.05) is 18.2 Å². The first-order valence-electron chi connectivity index (χ1n) is 12.0. The van der Waals surface area contributed by atoms with E-state index in [2.05, 4.69) is 0 Å². The molecule has 1 saturated heterocycles. The summed E-state index contributed by atoms with van der Waals surface area (Å²) in [4.78, 5) is 20.2. The number of benzene rings is 2. The Kier molecular flexibility index (Phi) is 6.49. The zero-order valence-corrected chi connectivity index (χ0v) is 20.2. The van der Waals surface area contributed by atoms with Crippen LogP contribution in [-0.4, -0.2) is 42.2 Å². The summed E-state index contributed by atoms with van der Waals surface area (Å²) in [6.07, 6.45) is -1.81. The lowest BCUT2D eigenvalue weighted by molar-refractivity contribution is 0.0786. The number of hydrogen-bond donors (Lipinski definition) is 1. The number of hydrogen-bond acceptors (Lipinski definition) is 5. The smallest absolute Gasteiger partial charge is 0.272 e. The number of carbonyl (C=O) groups excluding carboxylic acids is 1. The maximum atomic E-state index is 13.6. The van der Waals surface area contributed by atoms with E-state index in [4.69, 9.17) is 14.5 Å². The molecule has 0 aliphatic carbocycles. The van der Waals surface area contributed by atoms with Gasteiger partial charge in [0.25, 0.3) is 12.3 Å². The van der Waals surface area contributed by atoms with E-state index in [0.29, 0.717) is 41.5 Å². The lowest BCUT2D eigenvalue weighted by atomic mass is 9.96. The van der Waals surface area contributed by atoms with Gasteiger partial charge in [0.05, 0.1) is 24.4 Å². The van der Waals surface area contributed by atoms with Crippen LogP contribution in [0, 0.1) is 0 Å². The molecule has 1 N–H and O–H groups in total. The van der Waals surface area contributed by atoms with Crippen molar-refractivity contribution in [2.75, 3.05) is 24.7 Å². The number of fused-ring (bicyclic) bond motifs is 1. The number of amides is 1. The van der Waals surface area contributed by atoms with Crippen molar-refractivity contribution >= 4 is 11.6 Å². The van der Waals surface area contributed by atoms with Gasteiger partial charge >= 0.3 is 0 Å². The van der Waals surface area contributed by atoms with Crippen molar-refractivity contribution in [3.8, 4) is 17.0 Å². The summed E-state index contributed by atoms with van der Waals surface area (Å²) < 4.78 is 36.8. The molecule has 2 aliphatic rings. The molecule has 0 bridgehead atoms. The van der Waals surface area contributed by atoms with Gasteiger partial charge in [0.1, 0.15) is 12.4 Å². The first-order valence-corrected chi connectivity index (χ1v) is 12.0. The van der Waals surface area contributed by atoms with Crippen LogP contribution in [0.15, 0.2) is 54.6 Å². The number of rotatable bonds is 7. The molecule has 5 rings (SSSR count). The minimum absolute atomic E-state index is 0.0520. The van der Waals surface area contributed by atoms with Gasteiger partial charge in [-0.3, -0.25) is 9.78 Å². The molecule has 0 radical (unpaired) electrons. The Morgan fingerprint density at radius 1 is 1.17 bits per heavy atom. The van der Waals surface area contributed by atoms with E-state index in [-0.39, 0.29) is 18.4 Å². The Hall–Kier alpha value is -3.36. The molecule has 3 heterocycles. The second-order valence-electron chi connectivity index (χ2n) is 9.68. The van der Waals surface area contributed by atoms with E-state index in [9.17, 15) is 18.7 Å². The molecule has 36 heavy (non-hydrogen) atoms. The lowest BCUT2D eigenvalue weighted by Gasteiger charge is -2.20. The van der Waals surface area contributed by atoms with Gasteiger partial charge in [0.2, 0.25) is 0 Å². The van der Waals surface area contributed by atoms with Gasteiger partial charge in [-0.1, -0.05) is 24.3 Å². The summed E-state index contributed by atoms with van der Waals surface area (Å²) in [7, 11) is 0. The van der Waals surface area contributed by atoms with Gasteiger partial charge in [-0.25, -0.2) is 8.78 Å². The number of anilines is 1. The molecular formula is C28H28F2N2O4. The van der Waals surface area contributed by atoms with Gasteiger partial charge in [-0.15, -0.1) is 0 Å². The second kappa shape index (κ2) is 9.59. The van der Waals surface area contributed by atoms with Crippen molar-refractivity contribution in [2.45, 2.75) is 44.8 Å². The molecule has 1 unspecified atom stereocenters. The fraction of sp³-hybridized carbons (Fsp3) is 0.357. The third-order valence-corrected chi connectivity index (χ3v) is 6.68. The highest BCUT2D eigenvalue weighted by atomic mass is 19.3. The summed E-state index contributed by atoms with van der Waals surface area (Å²) in [5.74, 6) is 0.194. The van der Waals surface area contributed by atoms with Crippen LogP contribution < -0.4 is 9.64 Å². The van der Waals surface area contributed by atoms with Crippen molar-refractivity contribution in [3.05, 3.63) is 77.0 Å². The first kappa shape index (κ1) is 24.3. The van der Waals surface area contributed by atoms with Crippen molar-refractivity contribution < 1.29 is 28.2 Å². The number of alkyl halides is 2. The summed E-state index contributed by atoms with van der Waals surface area (Å²) in [6.45, 7) is 4.11. The Morgan fingerprint density at radius 2 is 1.92 bits per heavy atom. The molecule has 6 nitrogen and oxygen atoms in total. The number of para-hydroxylation sites is 1. The Balaban J connectivity index is 1.58. The number of carbonyl (C=O) groups is 1. The zero-order valence-electron chi connectivity index (χ0n) is 20.2. The standard InChI is InChI=1S/C28H28F2N2O4/c1-28(2,34)18-7-9-19(10-8-18)32-14-22-21(27(32)33)13-23(17-11-12-35-15-17)31-26(22)20-5-3-4-6-24(20)36-16-25(29)30/h3-10,13,17,25,34H,11-12,14-16H2,1-2H3. The average molecular weight is 495 g/mol. The molecule has 1 amide bonds. The Bertz CT molecular complexity index is 1270. The molecule has 188 valence electrons. The molecule has 1 aromatic heterocycles. The number of nitrogens with zero attached hydrogens (tertiary/aromatic N) is 2. The van der Waals surface area contributed by atoms with Crippen molar-refractivity contribution in [3.63, 3.8) is 0 Å². The van der Waals surface area contributed by atoms with Crippen molar-refractivity contribution in [1.29, 1.82) is 0 Å². The highest BCUT2D eigenvalue weighted by Gasteiger charge is 2.34. The van der Waals surface area contributed by atoms with Crippen LogP contribution in [0.3, 0.4) is 0 Å². The average Bonchev–Trinajstić information content (AvgIpc) is 3.51. The molecule has 2 aliphatic heterocycles. The summed E-state index contributed by atoms with van der Waals surface area (Å²) in [6, 6.07) is 16.0. The Labute approximate surface area is 208 Å². The maximum Gasteiger partial charge on any atom is 0.272 e. The van der Waals surface area contributed by atoms with Crippen LogP contribution in [0.25, 0.3) is 11.3 Å². The minimum atomic E-state index is -2.61. The molecule has 0 spiro atoms. The summed E-state index contributed by atoms with van der Waals surface area (Å²) in [5, 5.41) is 10.3. The largest absolute Gasteiger partial charge is 0.487 e. The zero-order chi connectivity index (χ0) is 25.4. The highest BCUT2D eigenvalue weighted by molar-refractivity contribution is 6.11. The lowest BCUT2D eigenvalue weighted by Crippen LogP contribution is -2.23. The van der Waals surface area contributed by atoms with E-state index in [1.165, 1.54) is 0 Å². The quantitative estimate of drug-likeness (QED) is 0.484. The van der Waals surface area contributed by atoms with Crippen LogP contribution in [0.5, 0.6) is 5.75 Å². The van der Waals surface area contributed by atoms with Gasteiger partial charge in [0, 0.05) is 40.6 Å². The van der Waals surface area contributed by atoms with E-state index in [1.54, 1.807) is 55.1 Å². The predicted molar refractivity (Wildman–Crippen MR) is 132 cm³/mol. The fourth-order valence-corrected chi connectivity index (χ4v) is 4.72. The molecule has 8 heteroatoms. The second-order valence-corrected chi connectivity index (χ2v) is 9.68. The SMILES string of the molecule is CC(C)(O)c1ccc(N2Cc3c(cc(C4CCOC4)nc3-c3ccccc3OCC(F)F)C2=O)cc1. The van der Waals surface area contributed by atoms with Crippen LogP contribution in [0.2, 0.25) is 0 Å². The molecule has 2 aromatic carbocycles. The monoisotopic (exact) mass is 494 g/mol. The normalized spacial score (nSPS) is 17.7. The van der Waals surface area contributed by atoms with Crippen LogP contribution in [-0.2, 0) is 16.9 Å². The molecule has 1 atom stereocenters. The maximum absolute atomic E-state index is 13.6. The highest BCUT2D eigenvalue weighted by Crippen LogP contribution is 2.40. The van der Waals surface area contributed by atoms with Crippen LogP contribution >= 0.6 is 0 Å². The van der Waals surface area contributed by atoms with Gasteiger partial charge < -0.3 is 19.5 Å². The molecule has 3 aromatic rings.